The Bertz CT molecular complexity index is 444. The smallest absolute Gasteiger partial charge is 0.339 e. The first-order chi connectivity index (χ1) is 7.56. The van der Waals surface area contributed by atoms with E-state index in [0.717, 1.165) is 15.6 Å². The fourth-order valence-corrected chi connectivity index (χ4v) is 1.77. The first-order valence-electron chi connectivity index (χ1n) is 4.93. The Kier molecular flexibility index (Phi) is 4.57. The third-order valence-corrected chi connectivity index (χ3v) is 3.15. The standard InChI is InChI=1S/C13H13BrO2/c1-4-5-6-16-13(15)11-8-9(2)7-10(3)12(11)14/h1,7-8H,5-6H2,2-3H3. The van der Waals surface area contributed by atoms with Gasteiger partial charge in [-0.25, -0.2) is 4.79 Å². The van der Waals surface area contributed by atoms with Crippen molar-refractivity contribution in [1.82, 2.24) is 0 Å². The minimum atomic E-state index is -0.339. The maximum Gasteiger partial charge on any atom is 0.339 e. The van der Waals surface area contributed by atoms with E-state index in [2.05, 4.69) is 21.9 Å². The Labute approximate surface area is 104 Å². The largest absolute Gasteiger partial charge is 0.461 e. The van der Waals surface area contributed by atoms with Crippen molar-refractivity contribution in [2.24, 2.45) is 0 Å². The second kappa shape index (κ2) is 5.72. The molecular formula is C13H13BrO2. The topological polar surface area (TPSA) is 26.3 Å². The molecule has 0 saturated carbocycles. The second-order valence-corrected chi connectivity index (χ2v) is 4.33. The van der Waals surface area contributed by atoms with Crippen LogP contribution in [0.1, 0.15) is 27.9 Å². The third-order valence-electron chi connectivity index (χ3n) is 2.10. The summed E-state index contributed by atoms with van der Waals surface area (Å²) in [5, 5.41) is 0. The predicted molar refractivity (Wildman–Crippen MR) is 67.3 cm³/mol. The molecule has 0 heterocycles. The molecule has 1 aromatic rings. The number of carbonyl (C=O) groups excluding carboxylic acids is 1. The number of ether oxygens (including phenoxy) is 1. The van der Waals surface area contributed by atoms with Crippen molar-refractivity contribution < 1.29 is 9.53 Å². The van der Waals surface area contributed by atoms with E-state index in [1.807, 2.05) is 19.9 Å². The van der Waals surface area contributed by atoms with Crippen LogP contribution in [0.15, 0.2) is 16.6 Å². The molecule has 84 valence electrons. The van der Waals surface area contributed by atoms with Crippen molar-refractivity contribution in [2.45, 2.75) is 20.3 Å². The zero-order chi connectivity index (χ0) is 12.1. The van der Waals surface area contributed by atoms with Gasteiger partial charge in [0.1, 0.15) is 6.61 Å². The first kappa shape index (κ1) is 12.8. The van der Waals surface area contributed by atoms with Gasteiger partial charge in [-0.05, 0) is 47.0 Å². The molecule has 0 aliphatic rings. The molecule has 0 atom stereocenters. The fraction of sp³-hybridized carbons (Fsp3) is 0.308. The van der Waals surface area contributed by atoms with Gasteiger partial charge < -0.3 is 4.74 Å². The van der Waals surface area contributed by atoms with Gasteiger partial charge in [-0.3, -0.25) is 0 Å². The van der Waals surface area contributed by atoms with Crippen molar-refractivity contribution in [3.8, 4) is 12.3 Å². The van der Waals surface area contributed by atoms with Crippen LogP contribution in [-0.2, 0) is 4.74 Å². The van der Waals surface area contributed by atoms with Crippen molar-refractivity contribution in [3.63, 3.8) is 0 Å². The van der Waals surface area contributed by atoms with Crippen LogP contribution in [0, 0.1) is 26.2 Å². The highest BCUT2D eigenvalue weighted by Crippen LogP contribution is 2.23. The molecule has 0 saturated heterocycles. The molecular weight excluding hydrogens is 268 g/mol. The van der Waals surface area contributed by atoms with Crippen LogP contribution < -0.4 is 0 Å². The predicted octanol–water partition coefficient (Wildman–Crippen LogP) is 3.25. The average molecular weight is 281 g/mol. The number of hydrogen-bond donors (Lipinski definition) is 0. The van der Waals surface area contributed by atoms with Gasteiger partial charge >= 0.3 is 5.97 Å². The van der Waals surface area contributed by atoms with E-state index in [1.54, 1.807) is 6.07 Å². The van der Waals surface area contributed by atoms with Crippen LogP contribution in [0.2, 0.25) is 0 Å². The summed E-state index contributed by atoms with van der Waals surface area (Å²) in [7, 11) is 0. The SMILES string of the molecule is C#CCCOC(=O)c1cc(C)cc(C)c1Br. The van der Waals surface area contributed by atoms with Crippen LogP contribution in [-0.4, -0.2) is 12.6 Å². The highest BCUT2D eigenvalue weighted by Gasteiger charge is 2.13. The summed E-state index contributed by atoms with van der Waals surface area (Å²) in [4.78, 5) is 11.7. The highest BCUT2D eigenvalue weighted by molar-refractivity contribution is 9.10. The van der Waals surface area contributed by atoms with Crippen molar-refractivity contribution in [2.75, 3.05) is 6.61 Å². The number of terminal acetylenes is 1. The van der Waals surface area contributed by atoms with E-state index in [4.69, 9.17) is 11.2 Å². The molecule has 0 N–H and O–H groups in total. The lowest BCUT2D eigenvalue weighted by molar-refractivity contribution is 0.0512. The number of carbonyl (C=O) groups is 1. The van der Waals surface area contributed by atoms with Crippen LogP contribution in [0.25, 0.3) is 0 Å². The molecule has 0 spiro atoms. The first-order valence-corrected chi connectivity index (χ1v) is 5.73. The maximum absolute atomic E-state index is 11.7. The van der Waals surface area contributed by atoms with Crippen LogP contribution in [0.4, 0.5) is 0 Å². The average Bonchev–Trinajstić information content (AvgIpc) is 2.23. The van der Waals surface area contributed by atoms with Crippen LogP contribution in [0.5, 0.6) is 0 Å². The van der Waals surface area contributed by atoms with E-state index < -0.39 is 0 Å². The van der Waals surface area contributed by atoms with Gasteiger partial charge in [0.25, 0.3) is 0 Å². The van der Waals surface area contributed by atoms with Gasteiger partial charge in [-0.2, -0.15) is 0 Å². The summed E-state index contributed by atoms with van der Waals surface area (Å²) in [5.41, 5.74) is 2.60. The molecule has 1 aromatic carbocycles. The number of halogens is 1. The number of rotatable bonds is 3. The molecule has 0 bridgehead atoms. The van der Waals surface area contributed by atoms with Gasteiger partial charge in [-0.15, -0.1) is 12.3 Å². The van der Waals surface area contributed by atoms with E-state index in [1.165, 1.54) is 0 Å². The van der Waals surface area contributed by atoms with E-state index >= 15 is 0 Å². The number of benzene rings is 1. The van der Waals surface area contributed by atoms with Gasteiger partial charge in [-0.1, -0.05) is 6.07 Å². The van der Waals surface area contributed by atoms with E-state index in [9.17, 15) is 4.79 Å². The highest BCUT2D eigenvalue weighted by atomic mass is 79.9. The zero-order valence-electron chi connectivity index (χ0n) is 9.34. The Morgan fingerprint density at radius 2 is 2.19 bits per heavy atom. The van der Waals surface area contributed by atoms with Crippen molar-refractivity contribution >= 4 is 21.9 Å². The number of aryl methyl sites for hydroxylation is 2. The summed E-state index contributed by atoms with van der Waals surface area (Å²) >= 11 is 3.38. The molecule has 2 nitrogen and oxygen atoms in total. The van der Waals surface area contributed by atoms with Gasteiger partial charge in [0, 0.05) is 10.9 Å². The molecule has 1 rings (SSSR count). The minimum absolute atomic E-state index is 0.259. The summed E-state index contributed by atoms with van der Waals surface area (Å²) < 4.78 is 5.83. The van der Waals surface area contributed by atoms with Crippen molar-refractivity contribution in [1.29, 1.82) is 0 Å². The maximum atomic E-state index is 11.7. The Morgan fingerprint density at radius 3 is 2.81 bits per heavy atom. The summed E-state index contributed by atoms with van der Waals surface area (Å²) in [6.45, 7) is 4.14. The molecule has 0 fully saturated rings. The molecule has 0 amide bonds. The van der Waals surface area contributed by atoms with Gasteiger partial charge in [0.05, 0.1) is 5.56 Å². The molecule has 0 unspecified atom stereocenters. The molecule has 0 aromatic heterocycles. The number of hydrogen-bond acceptors (Lipinski definition) is 2. The second-order valence-electron chi connectivity index (χ2n) is 3.53. The van der Waals surface area contributed by atoms with E-state index in [0.29, 0.717) is 12.0 Å². The molecule has 0 radical (unpaired) electrons. The minimum Gasteiger partial charge on any atom is -0.461 e. The monoisotopic (exact) mass is 280 g/mol. The Morgan fingerprint density at radius 1 is 1.50 bits per heavy atom. The molecule has 0 aliphatic carbocycles. The molecule has 0 aliphatic heterocycles. The summed E-state index contributed by atoms with van der Waals surface area (Å²) in [6, 6.07) is 3.80. The van der Waals surface area contributed by atoms with E-state index in [-0.39, 0.29) is 12.6 Å². The molecule has 3 heteroatoms. The quantitative estimate of drug-likeness (QED) is 0.483. The lowest BCUT2D eigenvalue weighted by Gasteiger charge is -2.08. The van der Waals surface area contributed by atoms with Crippen molar-refractivity contribution in [3.05, 3.63) is 33.3 Å². The van der Waals surface area contributed by atoms with Gasteiger partial charge in [0.2, 0.25) is 0 Å². The zero-order valence-corrected chi connectivity index (χ0v) is 10.9. The number of esters is 1. The van der Waals surface area contributed by atoms with Crippen LogP contribution >= 0.6 is 15.9 Å². The summed E-state index contributed by atoms with van der Waals surface area (Å²) in [5.74, 6) is 2.08. The summed E-state index contributed by atoms with van der Waals surface area (Å²) in [6.07, 6.45) is 5.52. The Hall–Kier alpha value is -1.27. The normalized spacial score (nSPS) is 9.62. The third kappa shape index (κ3) is 3.11. The van der Waals surface area contributed by atoms with Crippen LogP contribution in [0.3, 0.4) is 0 Å². The lowest BCUT2D eigenvalue weighted by Crippen LogP contribution is -2.08. The lowest BCUT2D eigenvalue weighted by atomic mass is 10.1. The Balaban J connectivity index is 2.87. The molecule has 16 heavy (non-hydrogen) atoms. The van der Waals surface area contributed by atoms with Gasteiger partial charge in [0.15, 0.2) is 0 Å². The fourth-order valence-electron chi connectivity index (χ4n) is 1.38.